The molecule has 7 nitrogen and oxygen atoms in total. The summed E-state index contributed by atoms with van der Waals surface area (Å²) in [6, 6.07) is 34.5. The van der Waals surface area contributed by atoms with Gasteiger partial charge in [-0.25, -0.2) is 4.79 Å². The third-order valence-electron chi connectivity index (χ3n) is 7.82. The number of methoxy groups -OCH3 is 1. The molecule has 1 N–H and O–H groups in total. The van der Waals surface area contributed by atoms with Crippen LogP contribution in [0.5, 0.6) is 5.75 Å². The molecular formula is C36H32N2O5S. The molecule has 1 fully saturated rings. The maximum Gasteiger partial charge on any atom is 0.334 e. The summed E-state index contributed by atoms with van der Waals surface area (Å²) in [7, 11) is 1.61. The van der Waals surface area contributed by atoms with E-state index in [1.54, 1.807) is 12.0 Å². The number of rotatable bonds is 10. The molecule has 0 aromatic heterocycles. The Hall–Kier alpha value is -4.82. The minimum atomic E-state index is -0.937. The zero-order valence-corrected chi connectivity index (χ0v) is 25.0. The van der Waals surface area contributed by atoms with Crippen LogP contribution in [0.3, 0.4) is 0 Å². The molecule has 2 aliphatic rings. The lowest BCUT2D eigenvalue weighted by Crippen LogP contribution is -2.74. The van der Waals surface area contributed by atoms with Crippen molar-refractivity contribution in [2.75, 3.05) is 7.11 Å². The molecule has 4 aromatic carbocycles. The zero-order valence-electron chi connectivity index (χ0n) is 24.2. The summed E-state index contributed by atoms with van der Waals surface area (Å²) >= 11 is 1.44. The Balaban J connectivity index is 1.27. The van der Waals surface area contributed by atoms with Crippen LogP contribution < -0.4 is 10.1 Å². The molecule has 1 saturated heterocycles. The summed E-state index contributed by atoms with van der Waals surface area (Å²) < 4.78 is 11.6. The van der Waals surface area contributed by atoms with E-state index in [9.17, 15) is 14.4 Å². The maximum absolute atomic E-state index is 14.2. The van der Waals surface area contributed by atoms with E-state index < -0.39 is 29.5 Å². The van der Waals surface area contributed by atoms with Gasteiger partial charge in [-0.05, 0) is 51.8 Å². The molecule has 0 radical (unpaired) electrons. The predicted molar refractivity (Wildman–Crippen MR) is 170 cm³/mol. The second-order valence-corrected chi connectivity index (χ2v) is 11.7. The van der Waals surface area contributed by atoms with Gasteiger partial charge < -0.3 is 19.7 Å². The first kappa shape index (κ1) is 29.3. The molecule has 0 spiro atoms. The number of β-lactam (4-membered cyclic amide) rings is 1. The van der Waals surface area contributed by atoms with Crippen molar-refractivity contribution in [1.29, 1.82) is 0 Å². The fourth-order valence-corrected chi connectivity index (χ4v) is 6.82. The van der Waals surface area contributed by atoms with Crippen molar-refractivity contribution < 1.29 is 23.9 Å². The minimum Gasteiger partial charge on any atom is -0.497 e. The Morgan fingerprint density at radius 1 is 0.818 bits per heavy atom. The monoisotopic (exact) mass is 604 g/mol. The van der Waals surface area contributed by atoms with Gasteiger partial charge in [0.25, 0.3) is 0 Å². The number of fused-ring (bicyclic) bond motifs is 1. The molecule has 8 heteroatoms. The summed E-state index contributed by atoms with van der Waals surface area (Å²) in [5.41, 5.74) is 4.24. The van der Waals surface area contributed by atoms with Crippen LogP contribution >= 0.6 is 11.8 Å². The van der Waals surface area contributed by atoms with Crippen molar-refractivity contribution in [3.63, 3.8) is 0 Å². The van der Waals surface area contributed by atoms with E-state index in [1.165, 1.54) is 11.8 Å². The fourth-order valence-electron chi connectivity index (χ4n) is 5.59. The second-order valence-electron chi connectivity index (χ2n) is 10.7. The fraction of sp³-hybridized carbons (Fsp3) is 0.194. The summed E-state index contributed by atoms with van der Waals surface area (Å²) in [6.45, 7) is 0. The van der Waals surface area contributed by atoms with E-state index in [0.717, 1.165) is 33.6 Å². The minimum absolute atomic E-state index is 0.169. The lowest BCUT2D eigenvalue weighted by Gasteiger charge is -2.52. The third kappa shape index (κ3) is 6.26. The van der Waals surface area contributed by atoms with E-state index in [0.29, 0.717) is 6.42 Å². The van der Waals surface area contributed by atoms with Crippen LogP contribution in [0.15, 0.2) is 126 Å². The topological polar surface area (TPSA) is 84.9 Å². The van der Waals surface area contributed by atoms with Crippen molar-refractivity contribution in [1.82, 2.24) is 10.2 Å². The molecule has 6 rings (SSSR count). The van der Waals surface area contributed by atoms with E-state index in [4.69, 9.17) is 9.47 Å². The van der Waals surface area contributed by atoms with Gasteiger partial charge in [0.15, 0.2) is 12.1 Å². The van der Waals surface area contributed by atoms with Crippen LogP contribution in [-0.4, -0.2) is 47.3 Å². The lowest BCUT2D eigenvalue weighted by molar-refractivity contribution is -0.165. The van der Waals surface area contributed by atoms with Gasteiger partial charge in [-0.2, -0.15) is 0 Å². The summed E-state index contributed by atoms with van der Waals surface area (Å²) in [5, 5.41) is 4.42. The molecule has 0 bridgehead atoms. The second kappa shape index (κ2) is 13.2. The number of thioether (sulfide) groups is 1. The zero-order chi connectivity index (χ0) is 30.5. The highest BCUT2D eigenvalue weighted by Gasteiger charge is 2.56. The van der Waals surface area contributed by atoms with Crippen molar-refractivity contribution in [2.24, 2.45) is 0 Å². The van der Waals surface area contributed by atoms with E-state index in [1.807, 2.05) is 121 Å². The third-order valence-corrected chi connectivity index (χ3v) is 9.04. The number of benzene rings is 4. The first-order chi connectivity index (χ1) is 21.5. The molecule has 3 atom stereocenters. The maximum atomic E-state index is 14.2. The molecule has 44 heavy (non-hydrogen) atoms. The van der Waals surface area contributed by atoms with Gasteiger partial charge in [-0.1, -0.05) is 103 Å². The first-order valence-electron chi connectivity index (χ1n) is 14.4. The normalized spacial score (nSPS) is 19.0. The SMILES string of the molecule is COc1ccc(CC2=CS[C@@H]3C(NC(=O)Cc4ccccc4)C(=O)N3C2C(=O)OC(c2ccccc2)c2ccccc2)cc1. The van der Waals surface area contributed by atoms with Crippen molar-refractivity contribution in [2.45, 2.75) is 36.4 Å². The van der Waals surface area contributed by atoms with Crippen LogP contribution in [0, 0.1) is 0 Å². The van der Waals surface area contributed by atoms with Gasteiger partial charge in [0.1, 0.15) is 17.2 Å². The Morgan fingerprint density at radius 2 is 1.41 bits per heavy atom. The molecule has 2 unspecified atom stereocenters. The number of carbonyl (C=O) groups is 3. The van der Waals surface area contributed by atoms with Gasteiger partial charge in [0, 0.05) is 0 Å². The van der Waals surface area contributed by atoms with Crippen LogP contribution in [0.25, 0.3) is 0 Å². The Morgan fingerprint density at radius 3 is 2.00 bits per heavy atom. The van der Waals surface area contributed by atoms with E-state index in [-0.39, 0.29) is 18.2 Å². The van der Waals surface area contributed by atoms with Gasteiger partial charge in [0.05, 0.1) is 13.5 Å². The molecule has 222 valence electrons. The molecule has 2 aliphatic heterocycles. The largest absolute Gasteiger partial charge is 0.497 e. The first-order valence-corrected chi connectivity index (χ1v) is 15.4. The highest BCUT2D eigenvalue weighted by molar-refractivity contribution is 8.02. The standard InChI is InChI=1S/C36H32N2O5S/c1-42-29-19-17-25(18-20-29)21-28-23-44-35-31(37-30(39)22-24-11-5-2-6-12-24)34(40)38(35)32(28)36(41)43-33(26-13-7-3-8-14-26)27-15-9-4-10-16-27/h2-20,23,31-33,35H,21-22H2,1H3,(H,37,39)/t31?,32?,35-/m1/s1. The number of amides is 2. The molecule has 0 saturated carbocycles. The summed E-state index contributed by atoms with van der Waals surface area (Å²) in [5.74, 6) is -0.329. The van der Waals surface area contributed by atoms with Crippen LogP contribution in [0.4, 0.5) is 0 Å². The smallest absolute Gasteiger partial charge is 0.334 e. The Labute approximate surface area is 260 Å². The predicted octanol–water partition coefficient (Wildman–Crippen LogP) is 5.47. The number of hydrogen-bond donors (Lipinski definition) is 1. The van der Waals surface area contributed by atoms with Gasteiger partial charge in [0.2, 0.25) is 11.8 Å². The van der Waals surface area contributed by atoms with Crippen LogP contribution in [0.2, 0.25) is 0 Å². The highest BCUT2D eigenvalue weighted by atomic mass is 32.2. The van der Waals surface area contributed by atoms with Crippen molar-refractivity contribution in [3.8, 4) is 5.75 Å². The molecular weight excluding hydrogens is 572 g/mol. The average Bonchev–Trinajstić information content (AvgIpc) is 3.07. The van der Waals surface area contributed by atoms with Gasteiger partial charge >= 0.3 is 5.97 Å². The quantitative estimate of drug-likeness (QED) is 0.191. The Bertz CT molecular complexity index is 1610. The number of carbonyl (C=O) groups excluding carboxylic acids is 3. The van der Waals surface area contributed by atoms with Crippen LogP contribution in [0.1, 0.15) is 28.4 Å². The number of esters is 1. The van der Waals surface area contributed by atoms with Crippen LogP contribution in [-0.2, 0) is 32.0 Å². The summed E-state index contributed by atoms with van der Waals surface area (Å²) in [4.78, 5) is 42.3. The lowest BCUT2D eigenvalue weighted by atomic mass is 9.93. The number of nitrogens with one attached hydrogen (secondary N) is 1. The molecule has 0 aliphatic carbocycles. The Kier molecular flexibility index (Phi) is 8.79. The molecule has 2 amide bonds. The van der Waals surface area contributed by atoms with Gasteiger partial charge in [-0.3, -0.25) is 9.59 Å². The summed E-state index contributed by atoms with van der Waals surface area (Å²) in [6.07, 6.45) is -0.0421. The molecule has 2 heterocycles. The number of hydrogen-bond acceptors (Lipinski definition) is 6. The van der Waals surface area contributed by atoms with Gasteiger partial charge in [-0.15, -0.1) is 11.8 Å². The average molecular weight is 605 g/mol. The van der Waals surface area contributed by atoms with Crippen molar-refractivity contribution in [3.05, 3.63) is 148 Å². The number of ether oxygens (including phenoxy) is 2. The van der Waals surface area contributed by atoms with Crippen molar-refractivity contribution >= 4 is 29.5 Å². The van der Waals surface area contributed by atoms with E-state index >= 15 is 0 Å². The molecule has 4 aromatic rings. The van der Waals surface area contributed by atoms with E-state index in [2.05, 4.69) is 5.32 Å². The highest BCUT2D eigenvalue weighted by Crippen LogP contribution is 2.42. The number of nitrogens with zero attached hydrogens (tertiary/aromatic N) is 1.